The third kappa shape index (κ3) is 5.09. The largest absolute Gasteiger partial charge is 0.481 e. The fourth-order valence-electron chi connectivity index (χ4n) is 2.47. The number of carbonyl (C=O) groups is 2. The first kappa shape index (κ1) is 16.5. The molecule has 1 unspecified atom stereocenters. The molecule has 2 rings (SSSR count). The fourth-order valence-corrected chi connectivity index (χ4v) is 3.95. The van der Waals surface area contributed by atoms with Crippen LogP contribution in [0.3, 0.4) is 0 Å². The van der Waals surface area contributed by atoms with Crippen molar-refractivity contribution in [3.63, 3.8) is 0 Å². The molecule has 1 aliphatic heterocycles. The molecule has 1 aromatic heterocycles. The summed E-state index contributed by atoms with van der Waals surface area (Å²) in [5.74, 6) is -1.44. The summed E-state index contributed by atoms with van der Waals surface area (Å²) in [6, 6.07) is 3.79. The summed E-state index contributed by atoms with van der Waals surface area (Å²) in [6.45, 7) is 1.39. The van der Waals surface area contributed by atoms with Gasteiger partial charge in [-0.25, -0.2) is 0 Å². The van der Waals surface area contributed by atoms with E-state index >= 15 is 0 Å². The van der Waals surface area contributed by atoms with Crippen LogP contribution in [-0.4, -0.2) is 36.7 Å². The Morgan fingerprint density at radius 2 is 2.14 bits per heavy atom. The van der Waals surface area contributed by atoms with Gasteiger partial charge in [0.1, 0.15) is 0 Å². The maximum Gasteiger partial charge on any atom is 0.308 e. The Bertz CT molecular complexity index is 499. The number of amides is 1. The Labute approximate surface area is 135 Å². The Morgan fingerprint density at radius 3 is 2.71 bits per heavy atom. The van der Waals surface area contributed by atoms with E-state index in [-0.39, 0.29) is 24.8 Å². The van der Waals surface area contributed by atoms with Gasteiger partial charge in [0.25, 0.3) is 0 Å². The number of hydrogen-bond donors (Lipinski definition) is 2. The number of aliphatic carboxylic acids is 1. The van der Waals surface area contributed by atoms with E-state index < -0.39 is 11.9 Å². The summed E-state index contributed by atoms with van der Waals surface area (Å²) in [4.78, 5) is 24.2. The predicted octanol–water partition coefficient (Wildman–Crippen LogP) is 2.30. The molecule has 1 aromatic rings. The van der Waals surface area contributed by atoms with Gasteiger partial charge in [0.15, 0.2) is 0 Å². The number of hydrogen-bond acceptors (Lipinski definition) is 4. The number of rotatable bonds is 6. The molecule has 0 saturated carbocycles. The van der Waals surface area contributed by atoms with Gasteiger partial charge in [-0.3, -0.25) is 9.59 Å². The van der Waals surface area contributed by atoms with E-state index in [1.807, 2.05) is 12.1 Å². The number of carbonyl (C=O) groups excluding carboxylic acids is 1. The minimum Gasteiger partial charge on any atom is -0.481 e. The normalized spacial score (nSPS) is 17.4. The molecule has 0 spiro atoms. The summed E-state index contributed by atoms with van der Waals surface area (Å²) >= 11 is 4.86. The third-order valence-electron chi connectivity index (χ3n) is 3.63. The summed E-state index contributed by atoms with van der Waals surface area (Å²) < 4.78 is 6.24. The monoisotopic (exact) mass is 375 g/mol. The van der Waals surface area contributed by atoms with Gasteiger partial charge < -0.3 is 15.2 Å². The molecule has 5 nitrogen and oxygen atoms in total. The van der Waals surface area contributed by atoms with Crippen LogP contribution in [0.2, 0.25) is 0 Å². The number of carboxylic acid groups (broad SMARTS) is 1. The molecule has 1 saturated heterocycles. The van der Waals surface area contributed by atoms with Crippen molar-refractivity contribution in [3.05, 3.63) is 20.8 Å². The molecule has 0 aliphatic carbocycles. The highest BCUT2D eigenvalue weighted by Gasteiger charge is 2.29. The van der Waals surface area contributed by atoms with Crippen LogP contribution in [0, 0.1) is 11.8 Å². The van der Waals surface area contributed by atoms with Crippen molar-refractivity contribution in [3.8, 4) is 0 Å². The SMILES string of the molecule is O=C(Cc1ccc(Br)s1)NCC(C(=O)O)C1CCOCC1. The van der Waals surface area contributed by atoms with Crippen LogP contribution >= 0.6 is 27.3 Å². The van der Waals surface area contributed by atoms with Crippen LogP contribution in [0.1, 0.15) is 17.7 Å². The molecule has 116 valence electrons. The molecular weight excluding hydrogens is 358 g/mol. The topological polar surface area (TPSA) is 75.6 Å². The Morgan fingerprint density at radius 1 is 1.43 bits per heavy atom. The van der Waals surface area contributed by atoms with Gasteiger partial charge in [-0.1, -0.05) is 0 Å². The third-order valence-corrected chi connectivity index (χ3v) is 5.26. The van der Waals surface area contributed by atoms with Gasteiger partial charge in [0, 0.05) is 24.6 Å². The van der Waals surface area contributed by atoms with E-state index in [2.05, 4.69) is 21.2 Å². The number of carboxylic acids is 1. The molecule has 2 N–H and O–H groups in total. The second kappa shape index (κ2) is 7.91. The standard InChI is InChI=1S/C14H18BrNO4S/c15-12-2-1-10(21-12)7-13(17)16-8-11(14(18)19)9-3-5-20-6-4-9/h1-2,9,11H,3-8H2,(H,16,17)(H,18,19). The lowest BCUT2D eigenvalue weighted by atomic mass is 9.86. The maximum absolute atomic E-state index is 11.9. The average molecular weight is 376 g/mol. The van der Waals surface area contributed by atoms with Gasteiger partial charge in [0.2, 0.25) is 5.91 Å². The Balaban J connectivity index is 1.83. The van der Waals surface area contributed by atoms with Crippen molar-refractivity contribution in [1.82, 2.24) is 5.32 Å². The quantitative estimate of drug-likeness (QED) is 0.799. The zero-order chi connectivity index (χ0) is 15.2. The zero-order valence-corrected chi connectivity index (χ0v) is 13.9. The highest BCUT2D eigenvalue weighted by atomic mass is 79.9. The first-order chi connectivity index (χ1) is 10.1. The highest BCUT2D eigenvalue weighted by molar-refractivity contribution is 9.11. The lowest BCUT2D eigenvalue weighted by molar-refractivity contribution is -0.144. The predicted molar refractivity (Wildman–Crippen MR) is 83.4 cm³/mol. The molecule has 1 amide bonds. The smallest absolute Gasteiger partial charge is 0.308 e. The van der Waals surface area contributed by atoms with Crippen LogP contribution in [0.25, 0.3) is 0 Å². The number of thiophene rings is 1. The second-order valence-corrected chi connectivity index (χ2v) is 7.63. The Kier molecular flexibility index (Phi) is 6.20. The molecule has 1 fully saturated rings. The molecule has 0 bridgehead atoms. The second-order valence-electron chi connectivity index (χ2n) is 5.08. The lowest BCUT2D eigenvalue weighted by Gasteiger charge is -2.27. The first-order valence-corrected chi connectivity index (χ1v) is 8.48. The molecule has 7 heteroatoms. The van der Waals surface area contributed by atoms with E-state index in [9.17, 15) is 14.7 Å². The zero-order valence-electron chi connectivity index (χ0n) is 11.5. The van der Waals surface area contributed by atoms with Crippen molar-refractivity contribution in [1.29, 1.82) is 0 Å². The van der Waals surface area contributed by atoms with Crippen molar-refractivity contribution in [2.24, 2.45) is 11.8 Å². The summed E-state index contributed by atoms with van der Waals surface area (Å²) in [5.41, 5.74) is 0. The first-order valence-electron chi connectivity index (χ1n) is 6.87. The van der Waals surface area contributed by atoms with Crippen LogP contribution in [-0.2, 0) is 20.7 Å². The molecule has 2 heterocycles. The maximum atomic E-state index is 11.9. The molecule has 21 heavy (non-hydrogen) atoms. The Hall–Kier alpha value is -0.920. The molecule has 1 aliphatic rings. The number of nitrogens with one attached hydrogen (secondary N) is 1. The van der Waals surface area contributed by atoms with Crippen LogP contribution < -0.4 is 5.32 Å². The molecule has 0 aromatic carbocycles. The summed E-state index contributed by atoms with van der Waals surface area (Å²) in [6.07, 6.45) is 1.77. The highest BCUT2D eigenvalue weighted by Crippen LogP contribution is 2.24. The fraction of sp³-hybridized carbons (Fsp3) is 0.571. The van der Waals surface area contributed by atoms with Crippen LogP contribution in [0.4, 0.5) is 0 Å². The van der Waals surface area contributed by atoms with Crippen molar-refractivity contribution in [2.75, 3.05) is 19.8 Å². The van der Waals surface area contributed by atoms with Gasteiger partial charge in [-0.15, -0.1) is 11.3 Å². The van der Waals surface area contributed by atoms with Crippen LogP contribution in [0.5, 0.6) is 0 Å². The molecular formula is C14H18BrNO4S. The van der Waals surface area contributed by atoms with Crippen molar-refractivity contribution < 1.29 is 19.4 Å². The summed E-state index contributed by atoms with van der Waals surface area (Å²) in [7, 11) is 0. The van der Waals surface area contributed by atoms with E-state index in [4.69, 9.17) is 4.74 Å². The minimum absolute atomic E-state index is 0.0763. The molecule has 1 atom stereocenters. The van der Waals surface area contributed by atoms with E-state index in [0.29, 0.717) is 13.2 Å². The van der Waals surface area contributed by atoms with Crippen LogP contribution in [0.15, 0.2) is 15.9 Å². The van der Waals surface area contributed by atoms with E-state index in [1.54, 1.807) is 0 Å². The van der Waals surface area contributed by atoms with E-state index in [1.165, 1.54) is 11.3 Å². The average Bonchev–Trinajstić information content (AvgIpc) is 2.85. The lowest BCUT2D eigenvalue weighted by Crippen LogP contribution is -2.39. The summed E-state index contributed by atoms with van der Waals surface area (Å²) in [5, 5.41) is 12.1. The van der Waals surface area contributed by atoms with Crippen molar-refractivity contribution >= 4 is 39.1 Å². The number of ether oxygens (including phenoxy) is 1. The van der Waals surface area contributed by atoms with Crippen molar-refractivity contribution in [2.45, 2.75) is 19.3 Å². The molecule has 0 radical (unpaired) electrons. The van der Waals surface area contributed by atoms with Gasteiger partial charge in [-0.05, 0) is 46.8 Å². The van der Waals surface area contributed by atoms with Gasteiger partial charge in [-0.2, -0.15) is 0 Å². The van der Waals surface area contributed by atoms with Gasteiger partial charge >= 0.3 is 5.97 Å². The minimum atomic E-state index is -0.846. The van der Waals surface area contributed by atoms with E-state index in [0.717, 1.165) is 21.5 Å². The number of halogens is 1. The van der Waals surface area contributed by atoms with Gasteiger partial charge in [0.05, 0.1) is 16.1 Å².